The van der Waals surface area contributed by atoms with Crippen molar-refractivity contribution in [2.75, 3.05) is 25.1 Å². The van der Waals surface area contributed by atoms with Crippen molar-refractivity contribution in [1.82, 2.24) is 5.32 Å². The number of nitrogens with one attached hydrogen (secondary N) is 1. The third-order valence-corrected chi connectivity index (χ3v) is 3.98. The molecule has 1 fully saturated rings. The molecule has 0 bridgehead atoms. The van der Waals surface area contributed by atoms with E-state index < -0.39 is 0 Å². The Bertz CT molecular complexity index is 438. The topological polar surface area (TPSA) is 24.5 Å². The van der Waals surface area contributed by atoms with Crippen molar-refractivity contribution in [3.63, 3.8) is 0 Å². The molecule has 112 valence electrons. The Hall–Kier alpha value is -1.13. The average molecular weight is 280 g/mol. The molecule has 4 heteroatoms. The second kappa shape index (κ2) is 7.04. The lowest BCUT2D eigenvalue weighted by atomic mass is 10.1. The first-order valence-electron chi connectivity index (χ1n) is 7.47. The van der Waals surface area contributed by atoms with Crippen molar-refractivity contribution in [2.45, 2.75) is 45.4 Å². The predicted molar refractivity (Wildman–Crippen MR) is 80.6 cm³/mol. The molecule has 0 aromatic heterocycles. The van der Waals surface area contributed by atoms with Crippen LogP contribution in [0.4, 0.5) is 10.1 Å². The third-order valence-electron chi connectivity index (χ3n) is 3.98. The van der Waals surface area contributed by atoms with Gasteiger partial charge in [-0.15, -0.1) is 0 Å². The van der Waals surface area contributed by atoms with Gasteiger partial charge in [-0.05, 0) is 44.0 Å². The van der Waals surface area contributed by atoms with E-state index in [1.54, 1.807) is 6.07 Å². The Kier molecular flexibility index (Phi) is 5.38. The van der Waals surface area contributed by atoms with Crippen molar-refractivity contribution in [3.8, 4) is 0 Å². The number of nitrogens with zero attached hydrogens (tertiary/aromatic N) is 1. The van der Waals surface area contributed by atoms with Crippen LogP contribution >= 0.6 is 0 Å². The molecule has 2 unspecified atom stereocenters. The van der Waals surface area contributed by atoms with Gasteiger partial charge in [0.25, 0.3) is 0 Å². The Balaban J connectivity index is 2.05. The van der Waals surface area contributed by atoms with Crippen LogP contribution in [-0.4, -0.2) is 32.3 Å². The largest absolute Gasteiger partial charge is 0.376 e. The summed E-state index contributed by atoms with van der Waals surface area (Å²) in [7, 11) is 1.95. The zero-order chi connectivity index (χ0) is 14.5. The monoisotopic (exact) mass is 280 g/mol. The van der Waals surface area contributed by atoms with Crippen molar-refractivity contribution < 1.29 is 9.13 Å². The van der Waals surface area contributed by atoms with Gasteiger partial charge in [0.05, 0.1) is 17.8 Å². The van der Waals surface area contributed by atoms with Gasteiger partial charge in [-0.2, -0.15) is 0 Å². The maximum absolute atomic E-state index is 14.3. The molecule has 1 aromatic rings. The highest BCUT2D eigenvalue weighted by atomic mass is 19.1. The molecule has 1 aliphatic heterocycles. The molecule has 0 aliphatic carbocycles. The lowest BCUT2D eigenvalue weighted by Crippen LogP contribution is -2.37. The molecule has 0 saturated carbocycles. The third kappa shape index (κ3) is 3.49. The summed E-state index contributed by atoms with van der Waals surface area (Å²) < 4.78 is 19.8. The standard InChI is InChI=1S/C16H25FN2O/c1-4-8-18-11-13-5-6-16(14(17)10-13)19(3)15-7-9-20-12(15)2/h5-6,10,12,15,18H,4,7-9,11H2,1-3H3. The summed E-state index contributed by atoms with van der Waals surface area (Å²) in [6.45, 7) is 6.61. The van der Waals surface area contributed by atoms with Crippen LogP contribution in [0.25, 0.3) is 0 Å². The van der Waals surface area contributed by atoms with Gasteiger partial charge in [0.1, 0.15) is 5.82 Å². The van der Waals surface area contributed by atoms with Gasteiger partial charge in [-0.3, -0.25) is 0 Å². The molecular weight excluding hydrogens is 255 g/mol. The van der Waals surface area contributed by atoms with Crippen LogP contribution in [-0.2, 0) is 11.3 Å². The molecule has 3 nitrogen and oxygen atoms in total. The van der Waals surface area contributed by atoms with Crippen LogP contribution in [0, 0.1) is 5.82 Å². The first-order chi connectivity index (χ1) is 9.63. The molecule has 20 heavy (non-hydrogen) atoms. The van der Waals surface area contributed by atoms with E-state index in [0.717, 1.165) is 38.1 Å². The summed E-state index contributed by atoms with van der Waals surface area (Å²) in [6, 6.07) is 5.77. The van der Waals surface area contributed by atoms with Gasteiger partial charge in [0, 0.05) is 20.2 Å². The van der Waals surface area contributed by atoms with E-state index in [4.69, 9.17) is 4.74 Å². The first-order valence-corrected chi connectivity index (χ1v) is 7.47. The molecule has 1 aromatic carbocycles. The smallest absolute Gasteiger partial charge is 0.146 e. The van der Waals surface area contributed by atoms with E-state index >= 15 is 0 Å². The second-order valence-corrected chi connectivity index (χ2v) is 5.51. The van der Waals surface area contributed by atoms with E-state index in [0.29, 0.717) is 5.69 Å². The van der Waals surface area contributed by atoms with Crippen LogP contribution in [0.15, 0.2) is 18.2 Å². The van der Waals surface area contributed by atoms with Crippen LogP contribution < -0.4 is 10.2 Å². The van der Waals surface area contributed by atoms with Gasteiger partial charge in [-0.1, -0.05) is 13.0 Å². The molecule has 0 spiro atoms. The number of rotatable bonds is 6. The Labute approximate surface area is 121 Å². The van der Waals surface area contributed by atoms with Crippen molar-refractivity contribution in [2.24, 2.45) is 0 Å². The van der Waals surface area contributed by atoms with Crippen LogP contribution in [0.2, 0.25) is 0 Å². The van der Waals surface area contributed by atoms with Gasteiger partial charge >= 0.3 is 0 Å². The molecule has 1 N–H and O–H groups in total. The van der Waals surface area contributed by atoms with Crippen molar-refractivity contribution in [3.05, 3.63) is 29.6 Å². The highest BCUT2D eigenvalue weighted by Crippen LogP contribution is 2.27. The second-order valence-electron chi connectivity index (χ2n) is 5.51. The zero-order valence-electron chi connectivity index (χ0n) is 12.7. The summed E-state index contributed by atoms with van der Waals surface area (Å²) in [5, 5.41) is 3.29. The predicted octanol–water partition coefficient (Wildman–Crippen LogP) is 2.94. The minimum absolute atomic E-state index is 0.151. The fraction of sp³-hybridized carbons (Fsp3) is 0.625. The normalized spacial score (nSPS) is 22.2. The molecular formula is C16H25FN2O. The van der Waals surface area contributed by atoms with Crippen molar-refractivity contribution in [1.29, 1.82) is 0 Å². The molecule has 1 saturated heterocycles. The minimum atomic E-state index is -0.151. The molecule has 2 atom stereocenters. The average Bonchev–Trinajstić information content (AvgIpc) is 2.85. The number of anilines is 1. The SMILES string of the molecule is CCCNCc1ccc(N(C)C2CCOC2C)c(F)c1. The lowest BCUT2D eigenvalue weighted by molar-refractivity contribution is 0.118. The number of benzene rings is 1. The Morgan fingerprint density at radius 3 is 2.85 bits per heavy atom. The van der Waals surface area contributed by atoms with E-state index in [-0.39, 0.29) is 18.0 Å². The van der Waals surface area contributed by atoms with E-state index in [1.165, 1.54) is 0 Å². The molecule has 0 radical (unpaired) electrons. The maximum atomic E-state index is 14.3. The van der Waals surface area contributed by atoms with E-state index in [1.807, 2.05) is 24.1 Å². The molecule has 2 rings (SSSR count). The summed E-state index contributed by atoms with van der Waals surface area (Å²) in [5.41, 5.74) is 1.65. The maximum Gasteiger partial charge on any atom is 0.146 e. The molecule has 1 aliphatic rings. The van der Waals surface area contributed by atoms with E-state index in [2.05, 4.69) is 19.2 Å². The van der Waals surface area contributed by atoms with Gasteiger partial charge in [0.2, 0.25) is 0 Å². The molecule has 0 amide bonds. The fourth-order valence-corrected chi connectivity index (χ4v) is 2.76. The van der Waals surface area contributed by atoms with Gasteiger partial charge in [0.15, 0.2) is 0 Å². The van der Waals surface area contributed by atoms with Gasteiger partial charge < -0.3 is 15.0 Å². The van der Waals surface area contributed by atoms with Crippen LogP contribution in [0.1, 0.15) is 32.3 Å². The number of hydrogen-bond donors (Lipinski definition) is 1. The van der Waals surface area contributed by atoms with Crippen molar-refractivity contribution >= 4 is 5.69 Å². The Morgan fingerprint density at radius 1 is 1.45 bits per heavy atom. The minimum Gasteiger partial charge on any atom is -0.376 e. The Morgan fingerprint density at radius 2 is 2.25 bits per heavy atom. The highest BCUT2D eigenvalue weighted by Gasteiger charge is 2.29. The lowest BCUT2D eigenvalue weighted by Gasteiger charge is -2.29. The highest BCUT2D eigenvalue weighted by molar-refractivity contribution is 5.49. The fourth-order valence-electron chi connectivity index (χ4n) is 2.76. The summed E-state index contributed by atoms with van der Waals surface area (Å²) in [5.74, 6) is -0.151. The van der Waals surface area contributed by atoms with E-state index in [9.17, 15) is 4.39 Å². The van der Waals surface area contributed by atoms with Crippen LogP contribution in [0.5, 0.6) is 0 Å². The summed E-state index contributed by atoms with van der Waals surface area (Å²) in [4.78, 5) is 2.01. The molecule has 1 heterocycles. The zero-order valence-corrected chi connectivity index (χ0v) is 12.7. The first kappa shape index (κ1) is 15.3. The number of halogens is 1. The van der Waals surface area contributed by atoms with Gasteiger partial charge in [-0.25, -0.2) is 4.39 Å². The number of likely N-dealkylation sites (N-methyl/N-ethyl adjacent to an activating group) is 1. The summed E-state index contributed by atoms with van der Waals surface area (Å²) in [6.07, 6.45) is 2.20. The number of hydrogen-bond acceptors (Lipinski definition) is 3. The van der Waals surface area contributed by atoms with Crippen LogP contribution in [0.3, 0.4) is 0 Å². The quantitative estimate of drug-likeness (QED) is 0.811. The summed E-state index contributed by atoms with van der Waals surface area (Å²) >= 11 is 0. The number of ether oxygens (including phenoxy) is 1.